The van der Waals surface area contributed by atoms with E-state index in [9.17, 15) is 9.90 Å². The summed E-state index contributed by atoms with van der Waals surface area (Å²) >= 11 is 0. The lowest BCUT2D eigenvalue weighted by molar-refractivity contribution is -0.139. The van der Waals surface area contributed by atoms with Gasteiger partial charge in [0.25, 0.3) is 0 Å². The molecule has 0 spiro atoms. The molecule has 14 heavy (non-hydrogen) atoms. The second kappa shape index (κ2) is 3.87. The molecule has 1 fully saturated rings. The molecule has 82 valence electrons. The third-order valence-electron chi connectivity index (χ3n) is 2.62. The summed E-state index contributed by atoms with van der Waals surface area (Å²) in [5.74, 6) is 0.0376. The van der Waals surface area contributed by atoms with Crippen LogP contribution < -0.4 is 0 Å². The zero-order valence-corrected chi connectivity index (χ0v) is 9.45. The van der Waals surface area contributed by atoms with Crippen LogP contribution in [0, 0.1) is 5.92 Å². The minimum absolute atomic E-state index is 0.0706. The number of carbonyl (C=O) groups excluding carboxylic acids is 1. The highest BCUT2D eigenvalue weighted by Gasteiger charge is 2.36. The van der Waals surface area contributed by atoms with E-state index in [2.05, 4.69) is 0 Å². The van der Waals surface area contributed by atoms with Gasteiger partial charge in [0.15, 0.2) is 0 Å². The van der Waals surface area contributed by atoms with Gasteiger partial charge in [-0.25, -0.2) is 0 Å². The standard InChI is InChI=1S/C10H20N2O2/c1-10(14)5-8(6-12(4)7-10)9(13)11(2)3/h8,14H,5-7H2,1-4H3. The van der Waals surface area contributed by atoms with Crippen molar-refractivity contribution in [3.63, 3.8) is 0 Å². The van der Waals surface area contributed by atoms with Crippen LogP contribution in [-0.4, -0.2) is 60.6 Å². The average Bonchev–Trinajstić information content (AvgIpc) is 1.98. The number of piperidine rings is 1. The maximum absolute atomic E-state index is 11.7. The van der Waals surface area contributed by atoms with E-state index in [1.807, 2.05) is 11.9 Å². The van der Waals surface area contributed by atoms with E-state index in [0.717, 1.165) is 6.54 Å². The van der Waals surface area contributed by atoms with Crippen molar-refractivity contribution in [3.05, 3.63) is 0 Å². The third kappa shape index (κ3) is 2.69. The van der Waals surface area contributed by atoms with E-state index in [-0.39, 0.29) is 11.8 Å². The summed E-state index contributed by atoms with van der Waals surface area (Å²) in [6.07, 6.45) is 0.564. The van der Waals surface area contributed by atoms with Crippen molar-refractivity contribution >= 4 is 5.91 Å². The molecule has 0 saturated carbocycles. The highest BCUT2D eigenvalue weighted by atomic mass is 16.3. The summed E-state index contributed by atoms with van der Waals surface area (Å²) in [7, 11) is 5.45. The van der Waals surface area contributed by atoms with Gasteiger partial charge >= 0.3 is 0 Å². The second-order valence-electron chi connectivity index (χ2n) is 4.83. The first kappa shape index (κ1) is 11.5. The number of rotatable bonds is 1. The molecule has 2 atom stereocenters. The Hall–Kier alpha value is -0.610. The molecule has 1 heterocycles. The van der Waals surface area contributed by atoms with Crippen LogP contribution in [0.25, 0.3) is 0 Å². The fraction of sp³-hybridized carbons (Fsp3) is 0.900. The monoisotopic (exact) mass is 200 g/mol. The van der Waals surface area contributed by atoms with Gasteiger partial charge < -0.3 is 14.9 Å². The topological polar surface area (TPSA) is 43.8 Å². The number of carbonyl (C=O) groups is 1. The molecule has 0 aliphatic carbocycles. The van der Waals surface area contributed by atoms with Gasteiger partial charge in [0.05, 0.1) is 11.5 Å². The highest BCUT2D eigenvalue weighted by Crippen LogP contribution is 2.25. The summed E-state index contributed by atoms with van der Waals surface area (Å²) in [6, 6.07) is 0. The van der Waals surface area contributed by atoms with Crippen LogP contribution >= 0.6 is 0 Å². The molecule has 1 rings (SSSR count). The summed E-state index contributed by atoms with van der Waals surface area (Å²) < 4.78 is 0. The van der Waals surface area contributed by atoms with Crippen LogP contribution in [0.2, 0.25) is 0 Å². The van der Waals surface area contributed by atoms with E-state index in [1.165, 1.54) is 0 Å². The van der Waals surface area contributed by atoms with E-state index in [1.54, 1.807) is 25.9 Å². The van der Waals surface area contributed by atoms with Crippen molar-refractivity contribution in [2.75, 3.05) is 34.2 Å². The average molecular weight is 200 g/mol. The summed E-state index contributed by atoms with van der Waals surface area (Å²) in [6.45, 7) is 3.18. The minimum atomic E-state index is -0.733. The SMILES string of the molecule is CN1CC(C(=O)N(C)C)CC(C)(O)C1. The van der Waals surface area contributed by atoms with Gasteiger partial charge in [-0.05, 0) is 20.4 Å². The maximum Gasteiger partial charge on any atom is 0.226 e. The number of aliphatic hydroxyl groups is 1. The van der Waals surface area contributed by atoms with E-state index in [4.69, 9.17) is 0 Å². The number of likely N-dealkylation sites (N-methyl/N-ethyl adjacent to an activating group) is 1. The molecule has 0 aromatic carbocycles. The fourth-order valence-corrected chi connectivity index (χ4v) is 2.21. The summed E-state index contributed by atoms with van der Waals surface area (Å²) in [4.78, 5) is 15.3. The quantitative estimate of drug-likeness (QED) is 0.636. The lowest BCUT2D eigenvalue weighted by Crippen LogP contribution is -2.52. The molecule has 0 radical (unpaired) electrons. The molecular weight excluding hydrogens is 180 g/mol. The van der Waals surface area contributed by atoms with Gasteiger partial charge in [-0.15, -0.1) is 0 Å². The van der Waals surface area contributed by atoms with Crippen molar-refractivity contribution in [1.29, 1.82) is 0 Å². The largest absolute Gasteiger partial charge is 0.389 e. The first-order valence-electron chi connectivity index (χ1n) is 4.94. The normalized spacial score (nSPS) is 34.2. The van der Waals surface area contributed by atoms with E-state index >= 15 is 0 Å². The maximum atomic E-state index is 11.7. The van der Waals surface area contributed by atoms with E-state index < -0.39 is 5.60 Å². The molecule has 1 N–H and O–H groups in total. The van der Waals surface area contributed by atoms with Crippen molar-refractivity contribution in [1.82, 2.24) is 9.80 Å². The van der Waals surface area contributed by atoms with Crippen LogP contribution in [0.4, 0.5) is 0 Å². The number of hydrogen-bond acceptors (Lipinski definition) is 3. The lowest BCUT2D eigenvalue weighted by atomic mass is 9.86. The number of hydrogen-bond donors (Lipinski definition) is 1. The molecule has 1 amide bonds. The van der Waals surface area contributed by atoms with Gasteiger partial charge in [-0.3, -0.25) is 4.79 Å². The highest BCUT2D eigenvalue weighted by molar-refractivity contribution is 5.78. The number of likely N-dealkylation sites (tertiary alicyclic amines) is 1. The first-order chi connectivity index (χ1) is 6.32. The van der Waals surface area contributed by atoms with Gasteiger partial charge in [-0.1, -0.05) is 0 Å². The Morgan fingerprint density at radius 3 is 2.57 bits per heavy atom. The van der Waals surface area contributed by atoms with Crippen LogP contribution in [0.1, 0.15) is 13.3 Å². The molecule has 1 saturated heterocycles. The van der Waals surface area contributed by atoms with Crippen LogP contribution in [0.3, 0.4) is 0 Å². The predicted octanol–water partition coefficient (Wildman–Crippen LogP) is -0.223. The van der Waals surface area contributed by atoms with Gasteiger partial charge in [0, 0.05) is 27.2 Å². The second-order valence-corrected chi connectivity index (χ2v) is 4.83. The molecule has 4 heteroatoms. The minimum Gasteiger partial charge on any atom is -0.389 e. The Bertz CT molecular complexity index is 226. The molecule has 4 nitrogen and oxygen atoms in total. The number of amides is 1. The molecule has 0 bridgehead atoms. The summed E-state index contributed by atoms with van der Waals surface area (Å²) in [5, 5.41) is 9.93. The van der Waals surface area contributed by atoms with Crippen molar-refractivity contribution in [2.45, 2.75) is 18.9 Å². The van der Waals surface area contributed by atoms with Crippen LogP contribution in [-0.2, 0) is 4.79 Å². The van der Waals surface area contributed by atoms with Crippen molar-refractivity contribution < 1.29 is 9.90 Å². The Balaban J connectivity index is 2.67. The zero-order chi connectivity index (χ0) is 10.9. The molecule has 1 aliphatic rings. The number of nitrogens with zero attached hydrogens (tertiary/aromatic N) is 2. The van der Waals surface area contributed by atoms with Crippen molar-refractivity contribution in [2.24, 2.45) is 5.92 Å². The Labute approximate surface area is 85.5 Å². The van der Waals surface area contributed by atoms with Gasteiger partial charge in [0.1, 0.15) is 0 Å². The Kier molecular flexibility index (Phi) is 3.17. The summed E-state index contributed by atoms with van der Waals surface area (Å²) in [5.41, 5.74) is -0.733. The van der Waals surface area contributed by atoms with Crippen molar-refractivity contribution in [3.8, 4) is 0 Å². The first-order valence-corrected chi connectivity index (χ1v) is 4.94. The Morgan fingerprint density at radius 2 is 2.14 bits per heavy atom. The molecule has 2 unspecified atom stereocenters. The third-order valence-corrected chi connectivity index (χ3v) is 2.62. The van der Waals surface area contributed by atoms with E-state index in [0.29, 0.717) is 13.0 Å². The molecular formula is C10H20N2O2. The Morgan fingerprint density at radius 1 is 1.57 bits per heavy atom. The molecule has 1 aliphatic heterocycles. The lowest BCUT2D eigenvalue weighted by Gasteiger charge is -2.39. The number of β-amino-alcohol motifs (C(OH)–C–C–N with tert-alkyl or cyclic N) is 1. The van der Waals surface area contributed by atoms with Crippen LogP contribution in [0.5, 0.6) is 0 Å². The van der Waals surface area contributed by atoms with Gasteiger partial charge in [0.2, 0.25) is 5.91 Å². The van der Waals surface area contributed by atoms with Gasteiger partial charge in [-0.2, -0.15) is 0 Å². The van der Waals surface area contributed by atoms with Crippen LogP contribution in [0.15, 0.2) is 0 Å². The predicted molar refractivity (Wildman–Crippen MR) is 54.9 cm³/mol. The fourth-order valence-electron chi connectivity index (χ4n) is 2.21. The zero-order valence-electron chi connectivity index (χ0n) is 9.45. The smallest absolute Gasteiger partial charge is 0.226 e. The molecule has 0 aromatic heterocycles. The molecule has 0 aromatic rings.